The Hall–Kier alpha value is -1.12. The zero-order valence-corrected chi connectivity index (χ0v) is 19.9. The lowest BCUT2D eigenvalue weighted by Gasteiger charge is -2.58. The Morgan fingerprint density at radius 3 is 2.57 bits per heavy atom. The van der Waals surface area contributed by atoms with Crippen molar-refractivity contribution < 1.29 is 10.0 Å². The Balaban J connectivity index is 1.54. The maximum atomic E-state index is 13.3. The van der Waals surface area contributed by atoms with Crippen molar-refractivity contribution in [2.45, 2.75) is 98.8 Å². The van der Waals surface area contributed by atoms with Crippen LogP contribution in [0.3, 0.4) is 0 Å². The molecule has 0 saturated heterocycles. The van der Waals surface area contributed by atoms with Crippen molar-refractivity contribution in [1.82, 2.24) is 0 Å². The molecular formula is C27H43NO2. The smallest absolute Gasteiger partial charge is 0.159 e. The minimum atomic E-state index is -0.0174. The highest BCUT2D eigenvalue weighted by Gasteiger charge is 2.60. The highest BCUT2D eigenvalue weighted by Crippen LogP contribution is 2.67. The van der Waals surface area contributed by atoms with Crippen LogP contribution in [0.1, 0.15) is 98.8 Å². The standard InChI is InChI=1S/C27H43NO2/c1-17(2)7-6-8-18(3)21-9-10-22-20-16-25(29)24-15-19(28-30)11-13-27(24,5)23(20)12-14-26(21,22)4/h15,17-18,20-23,30H,6-14,16H2,1-5H3/b28-19+/t18-,20?,21-,22?,23?,26-,27-/m1/s1. The second kappa shape index (κ2) is 8.10. The molecule has 0 heterocycles. The van der Waals surface area contributed by atoms with E-state index in [0.717, 1.165) is 42.6 Å². The van der Waals surface area contributed by atoms with Crippen molar-refractivity contribution in [3.05, 3.63) is 11.6 Å². The molecular weight excluding hydrogens is 370 g/mol. The average Bonchev–Trinajstić information content (AvgIpc) is 3.05. The van der Waals surface area contributed by atoms with Crippen LogP contribution in [0.4, 0.5) is 0 Å². The molecule has 4 aliphatic carbocycles. The summed E-state index contributed by atoms with van der Waals surface area (Å²) in [5.74, 6) is 4.66. The average molecular weight is 414 g/mol. The summed E-state index contributed by atoms with van der Waals surface area (Å²) in [5, 5.41) is 12.7. The zero-order chi connectivity index (χ0) is 21.7. The number of fused-ring (bicyclic) bond motifs is 5. The predicted molar refractivity (Wildman–Crippen MR) is 123 cm³/mol. The van der Waals surface area contributed by atoms with E-state index >= 15 is 0 Å². The van der Waals surface area contributed by atoms with E-state index in [4.69, 9.17) is 0 Å². The lowest BCUT2D eigenvalue weighted by atomic mass is 9.46. The molecule has 3 heteroatoms. The van der Waals surface area contributed by atoms with Crippen LogP contribution in [0.15, 0.2) is 16.8 Å². The van der Waals surface area contributed by atoms with Gasteiger partial charge in [-0.3, -0.25) is 4.79 Å². The maximum Gasteiger partial charge on any atom is 0.159 e. The molecule has 0 aromatic rings. The second-order valence-electron chi connectivity index (χ2n) is 12.1. The summed E-state index contributed by atoms with van der Waals surface area (Å²) in [7, 11) is 0. The number of allylic oxidation sites excluding steroid dienone is 2. The third-order valence-electron chi connectivity index (χ3n) is 10.1. The molecule has 1 N–H and O–H groups in total. The van der Waals surface area contributed by atoms with E-state index in [9.17, 15) is 10.0 Å². The van der Waals surface area contributed by atoms with Gasteiger partial charge in [0, 0.05) is 12.0 Å². The van der Waals surface area contributed by atoms with Crippen LogP contribution >= 0.6 is 0 Å². The molecule has 7 atom stereocenters. The maximum absolute atomic E-state index is 13.3. The van der Waals surface area contributed by atoms with Gasteiger partial charge >= 0.3 is 0 Å². The lowest BCUT2D eigenvalue weighted by molar-refractivity contribution is -0.128. The first-order chi connectivity index (χ1) is 14.2. The van der Waals surface area contributed by atoms with Gasteiger partial charge in [-0.1, -0.05) is 59.0 Å². The summed E-state index contributed by atoms with van der Waals surface area (Å²) < 4.78 is 0. The third kappa shape index (κ3) is 3.48. The quantitative estimate of drug-likeness (QED) is 0.388. The van der Waals surface area contributed by atoms with E-state index in [1.54, 1.807) is 0 Å². The summed E-state index contributed by atoms with van der Waals surface area (Å²) in [6.07, 6.45) is 13.8. The van der Waals surface area contributed by atoms with Gasteiger partial charge < -0.3 is 5.21 Å². The van der Waals surface area contributed by atoms with Crippen LogP contribution in [-0.4, -0.2) is 16.7 Å². The van der Waals surface area contributed by atoms with E-state index in [0.29, 0.717) is 34.7 Å². The van der Waals surface area contributed by atoms with Gasteiger partial charge in [0.15, 0.2) is 5.78 Å². The molecule has 0 spiro atoms. The lowest BCUT2D eigenvalue weighted by Crippen LogP contribution is -2.53. The van der Waals surface area contributed by atoms with Gasteiger partial charge in [-0.15, -0.1) is 0 Å². The molecule has 30 heavy (non-hydrogen) atoms. The summed E-state index contributed by atoms with van der Waals surface area (Å²) in [6.45, 7) is 12.1. The molecule has 0 amide bonds. The zero-order valence-electron chi connectivity index (χ0n) is 19.9. The molecule has 0 aromatic carbocycles. The SMILES string of the molecule is CC(C)CCC[C@@H](C)[C@H]1CCC2C3CC(=O)C4=C/C(=N/O)CC[C@]4(C)C3CC[C@@]21C. The number of hydrogen-bond acceptors (Lipinski definition) is 3. The fourth-order valence-corrected chi connectivity index (χ4v) is 8.50. The van der Waals surface area contributed by atoms with Gasteiger partial charge in [0.05, 0.1) is 5.71 Å². The first-order valence-electron chi connectivity index (χ1n) is 12.7. The fraction of sp³-hybridized carbons (Fsp3) is 0.852. The number of carbonyl (C=O) groups excluding carboxylic acids is 1. The van der Waals surface area contributed by atoms with Crippen molar-refractivity contribution in [3.63, 3.8) is 0 Å². The topological polar surface area (TPSA) is 49.7 Å². The summed E-state index contributed by atoms with van der Waals surface area (Å²) >= 11 is 0. The first kappa shape index (κ1) is 22.1. The third-order valence-corrected chi connectivity index (χ3v) is 10.1. The number of rotatable bonds is 5. The van der Waals surface area contributed by atoms with Gasteiger partial charge in [0.25, 0.3) is 0 Å². The van der Waals surface area contributed by atoms with E-state index in [2.05, 4.69) is 39.8 Å². The Labute approximate surface area is 183 Å². The highest BCUT2D eigenvalue weighted by atomic mass is 16.4. The van der Waals surface area contributed by atoms with Crippen molar-refractivity contribution in [1.29, 1.82) is 0 Å². The van der Waals surface area contributed by atoms with Crippen LogP contribution in [-0.2, 0) is 4.79 Å². The number of oxime groups is 1. The van der Waals surface area contributed by atoms with Gasteiger partial charge in [-0.05, 0) is 90.9 Å². The molecule has 4 rings (SSSR count). The first-order valence-corrected chi connectivity index (χ1v) is 12.7. The Morgan fingerprint density at radius 2 is 1.87 bits per heavy atom. The summed E-state index contributed by atoms with van der Waals surface area (Å²) in [5.41, 5.74) is 2.05. The van der Waals surface area contributed by atoms with E-state index in [-0.39, 0.29) is 5.41 Å². The van der Waals surface area contributed by atoms with Crippen LogP contribution in [0.2, 0.25) is 0 Å². The minimum Gasteiger partial charge on any atom is -0.411 e. The van der Waals surface area contributed by atoms with Crippen LogP contribution in [0.25, 0.3) is 0 Å². The van der Waals surface area contributed by atoms with E-state index in [1.165, 1.54) is 44.9 Å². The fourth-order valence-electron chi connectivity index (χ4n) is 8.50. The van der Waals surface area contributed by atoms with Crippen LogP contribution in [0.5, 0.6) is 0 Å². The van der Waals surface area contributed by atoms with Gasteiger partial charge in [0.1, 0.15) is 0 Å². The molecule has 168 valence electrons. The molecule has 0 aliphatic heterocycles. The molecule has 4 aliphatic rings. The van der Waals surface area contributed by atoms with Crippen LogP contribution < -0.4 is 0 Å². The van der Waals surface area contributed by atoms with Crippen LogP contribution in [0, 0.1) is 46.3 Å². The molecule has 3 unspecified atom stereocenters. The molecule has 3 saturated carbocycles. The summed E-state index contributed by atoms with van der Waals surface area (Å²) in [4.78, 5) is 13.3. The van der Waals surface area contributed by atoms with Crippen molar-refractivity contribution >= 4 is 11.5 Å². The molecule has 3 nitrogen and oxygen atoms in total. The monoisotopic (exact) mass is 413 g/mol. The van der Waals surface area contributed by atoms with Crippen molar-refractivity contribution in [2.75, 3.05) is 0 Å². The van der Waals surface area contributed by atoms with E-state index in [1.807, 2.05) is 6.08 Å². The highest BCUT2D eigenvalue weighted by molar-refractivity contribution is 6.07. The minimum absolute atomic E-state index is 0.0174. The molecule has 0 aromatic heterocycles. The second-order valence-corrected chi connectivity index (χ2v) is 12.1. The van der Waals surface area contributed by atoms with Gasteiger partial charge in [0.2, 0.25) is 0 Å². The molecule has 0 radical (unpaired) electrons. The number of carbonyl (C=O) groups is 1. The normalized spacial score (nSPS) is 43.2. The van der Waals surface area contributed by atoms with Gasteiger partial charge in [-0.2, -0.15) is 0 Å². The number of hydrogen-bond donors (Lipinski definition) is 1. The van der Waals surface area contributed by atoms with E-state index < -0.39 is 0 Å². The van der Waals surface area contributed by atoms with Gasteiger partial charge in [-0.25, -0.2) is 0 Å². The molecule has 3 fully saturated rings. The Morgan fingerprint density at radius 1 is 1.10 bits per heavy atom. The largest absolute Gasteiger partial charge is 0.411 e. The number of nitrogens with zero attached hydrogens (tertiary/aromatic N) is 1. The van der Waals surface area contributed by atoms with Crippen molar-refractivity contribution in [2.24, 2.45) is 51.5 Å². The number of Topliss-reactive ketones (excluding diaryl/α,β-unsaturated/α-hetero) is 1. The number of ketones is 1. The Kier molecular flexibility index (Phi) is 5.96. The predicted octanol–water partition coefficient (Wildman–Crippen LogP) is 7.04. The molecule has 0 bridgehead atoms. The summed E-state index contributed by atoms with van der Waals surface area (Å²) in [6, 6.07) is 0. The van der Waals surface area contributed by atoms with Crippen molar-refractivity contribution in [3.8, 4) is 0 Å². The Bertz CT molecular complexity index is 737.